The molecule has 1 aromatic heterocycles. The second kappa shape index (κ2) is 6.02. The van der Waals surface area contributed by atoms with Gasteiger partial charge in [0.05, 0.1) is 19.0 Å². The topological polar surface area (TPSA) is 106 Å². The van der Waals surface area contributed by atoms with Gasteiger partial charge in [0.25, 0.3) is 10.0 Å². The second-order valence-corrected chi connectivity index (χ2v) is 6.11. The van der Waals surface area contributed by atoms with E-state index in [4.69, 9.17) is 4.74 Å². The van der Waals surface area contributed by atoms with Crippen molar-refractivity contribution in [1.29, 1.82) is 0 Å². The number of nitrogens with zero attached hydrogens (tertiary/aromatic N) is 1. The third-order valence-corrected chi connectivity index (χ3v) is 4.21. The number of benzene rings is 1. The molecule has 2 N–H and O–H groups in total. The monoisotopic (exact) mass is 322 g/mol. The number of Topliss-reactive ketones (excluding diaryl/α,β-unsaturated/α-hetero) is 1. The van der Waals surface area contributed by atoms with E-state index in [1.54, 1.807) is 0 Å². The zero-order valence-electron chi connectivity index (χ0n) is 11.9. The lowest BCUT2D eigenvalue weighted by molar-refractivity contribution is 0.101. The van der Waals surface area contributed by atoms with Gasteiger partial charge in [-0.2, -0.15) is 0 Å². The van der Waals surface area contributed by atoms with Crippen LogP contribution in [0.5, 0.6) is 11.6 Å². The molecule has 116 valence electrons. The fraction of sp³-hybridized carbons (Fsp3) is 0.143. The number of phenolic OH excluding ortho intramolecular Hbond substituents is 1. The van der Waals surface area contributed by atoms with E-state index in [-0.39, 0.29) is 33.6 Å². The van der Waals surface area contributed by atoms with Crippen LogP contribution in [0.2, 0.25) is 0 Å². The number of anilines is 1. The number of ketones is 1. The molecule has 0 unspecified atom stereocenters. The highest BCUT2D eigenvalue weighted by molar-refractivity contribution is 7.92. The molecule has 0 radical (unpaired) electrons. The van der Waals surface area contributed by atoms with Crippen molar-refractivity contribution in [2.24, 2.45) is 0 Å². The summed E-state index contributed by atoms with van der Waals surface area (Å²) in [5.74, 6) is -0.214. The predicted molar refractivity (Wildman–Crippen MR) is 79.7 cm³/mol. The number of hydrogen-bond acceptors (Lipinski definition) is 6. The van der Waals surface area contributed by atoms with Crippen molar-refractivity contribution in [1.82, 2.24) is 4.98 Å². The highest BCUT2D eigenvalue weighted by Gasteiger charge is 2.18. The number of ether oxygens (including phenoxy) is 1. The number of sulfonamides is 1. The Labute approximate surface area is 127 Å². The predicted octanol–water partition coefficient (Wildman–Crippen LogP) is 1.80. The van der Waals surface area contributed by atoms with Crippen molar-refractivity contribution in [2.45, 2.75) is 11.8 Å². The number of phenols is 1. The molecule has 0 aliphatic carbocycles. The van der Waals surface area contributed by atoms with Gasteiger partial charge in [0, 0.05) is 11.6 Å². The van der Waals surface area contributed by atoms with Crippen LogP contribution in [-0.2, 0) is 10.0 Å². The Morgan fingerprint density at radius 3 is 2.55 bits per heavy atom. The van der Waals surface area contributed by atoms with Crippen LogP contribution in [-0.4, -0.2) is 31.4 Å². The van der Waals surface area contributed by atoms with Crippen LogP contribution in [0.1, 0.15) is 17.3 Å². The molecule has 2 aromatic rings. The smallest absolute Gasteiger partial charge is 0.263 e. The number of nitrogens with one attached hydrogen (secondary N) is 1. The molecule has 0 saturated carbocycles. The van der Waals surface area contributed by atoms with E-state index in [1.165, 1.54) is 44.4 Å². The summed E-state index contributed by atoms with van der Waals surface area (Å²) < 4.78 is 31.8. The third-order valence-electron chi connectivity index (χ3n) is 2.86. The van der Waals surface area contributed by atoms with Gasteiger partial charge >= 0.3 is 0 Å². The van der Waals surface area contributed by atoms with Gasteiger partial charge in [0.15, 0.2) is 5.78 Å². The maximum Gasteiger partial charge on any atom is 0.263 e. The van der Waals surface area contributed by atoms with Gasteiger partial charge in [-0.25, -0.2) is 13.4 Å². The van der Waals surface area contributed by atoms with Crippen molar-refractivity contribution >= 4 is 21.5 Å². The minimum Gasteiger partial charge on any atom is -0.508 e. The van der Waals surface area contributed by atoms with Crippen LogP contribution in [0.15, 0.2) is 41.4 Å². The van der Waals surface area contributed by atoms with Crippen LogP contribution in [0.3, 0.4) is 0 Å². The molecule has 0 aliphatic rings. The minimum atomic E-state index is -3.91. The van der Waals surface area contributed by atoms with E-state index in [2.05, 4.69) is 9.71 Å². The first-order chi connectivity index (χ1) is 10.3. The highest BCUT2D eigenvalue weighted by atomic mass is 32.2. The molecule has 1 heterocycles. The quantitative estimate of drug-likeness (QED) is 0.642. The molecular formula is C14H14N2O5S. The van der Waals surface area contributed by atoms with Crippen molar-refractivity contribution < 1.29 is 23.1 Å². The van der Waals surface area contributed by atoms with Crippen molar-refractivity contribution in [2.75, 3.05) is 11.8 Å². The molecule has 1 aromatic carbocycles. The van der Waals surface area contributed by atoms with Gasteiger partial charge in [-0.1, -0.05) is 0 Å². The maximum absolute atomic E-state index is 12.3. The average Bonchev–Trinajstić information content (AvgIpc) is 2.48. The summed E-state index contributed by atoms with van der Waals surface area (Å²) in [6.07, 6.45) is 1.15. The highest BCUT2D eigenvalue weighted by Crippen LogP contribution is 2.24. The van der Waals surface area contributed by atoms with Crippen LogP contribution in [0.25, 0.3) is 0 Å². The van der Waals surface area contributed by atoms with Crippen LogP contribution < -0.4 is 9.46 Å². The number of rotatable bonds is 5. The molecule has 7 nitrogen and oxygen atoms in total. The van der Waals surface area contributed by atoms with E-state index in [0.29, 0.717) is 0 Å². The summed E-state index contributed by atoms with van der Waals surface area (Å²) in [5, 5.41) is 9.41. The third kappa shape index (κ3) is 3.34. The van der Waals surface area contributed by atoms with Crippen molar-refractivity contribution in [3.05, 3.63) is 42.1 Å². The molecule has 0 bridgehead atoms. The van der Waals surface area contributed by atoms with Gasteiger partial charge in [-0.15, -0.1) is 0 Å². The van der Waals surface area contributed by atoms with Gasteiger partial charge in [-0.05, 0) is 31.2 Å². The van der Waals surface area contributed by atoms with E-state index < -0.39 is 10.0 Å². The molecule has 0 atom stereocenters. The van der Waals surface area contributed by atoms with Crippen molar-refractivity contribution in [3.63, 3.8) is 0 Å². The number of methoxy groups -OCH3 is 1. The van der Waals surface area contributed by atoms with Crippen LogP contribution in [0.4, 0.5) is 5.69 Å². The lowest BCUT2D eigenvalue weighted by Crippen LogP contribution is -2.15. The SMILES string of the molecule is COc1ccc(S(=O)(=O)Nc2ccc(O)cc2C(C)=O)cn1. The molecule has 0 amide bonds. The fourth-order valence-corrected chi connectivity index (χ4v) is 2.79. The average molecular weight is 322 g/mol. The normalized spacial score (nSPS) is 11.0. The Balaban J connectivity index is 2.38. The van der Waals surface area contributed by atoms with Gasteiger partial charge in [-0.3, -0.25) is 9.52 Å². The number of aromatic hydroxyl groups is 1. The maximum atomic E-state index is 12.3. The summed E-state index contributed by atoms with van der Waals surface area (Å²) >= 11 is 0. The Morgan fingerprint density at radius 2 is 2.00 bits per heavy atom. The Morgan fingerprint density at radius 1 is 1.27 bits per heavy atom. The van der Waals surface area contributed by atoms with Gasteiger partial charge in [0.1, 0.15) is 10.6 Å². The number of hydrogen-bond donors (Lipinski definition) is 2. The number of carbonyl (C=O) groups excluding carboxylic acids is 1. The standard InChI is InChI=1S/C14H14N2O5S/c1-9(17)12-7-10(18)3-5-13(12)16-22(19,20)11-4-6-14(21-2)15-8-11/h3-8,16,18H,1-2H3. The van der Waals surface area contributed by atoms with Crippen LogP contribution >= 0.6 is 0 Å². The zero-order valence-corrected chi connectivity index (χ0v) is 12.7. The molecular weight excluding hydrogens is 308 g/mol. The Hall–Kier alpha value is -2.61. The molecule has 0 fully saturated rings. The first-order valence-corrected chi connectivity index (χ1v) is 7.68. The molecule has 0 spiro atoms. The minimum absolute atomic E-state index is 0.0733. The van der Waals surface area contributed by atoms with Crippen LogP contribution in [0, 0.1) is 0 Å². The summed E-state index contributed by atoms with van der Waals surface area (Å²) in [5.41, 5.74) is 0.158. The van der Waals surface area contributed by atoms with E-state index in [9.17, 15) is 18.3 Å². The summed E-state index contributed by atoms with van der Waals surface area (Å²) in [4.78, 5) is 15.3. The summed E-state index contributed by atoms with van der Waals surface area (Å²) in [6, 6.07) is 6.56. The number of pyridine rings is 1. The van der Waals surface area contributed by atoms with E-state index in [0.717, 1.165) is 6.20 Å². The summed E-state index contributed by atoms with van der Waals surface area (Å²) in [6.45, 7) is 1.28. The molecule has 22 heavy (non-hydrogen) atoms. The lowest BCUT2D eigenvalue weighted by Gasteiger charge is -2.11. The largest absolute Gasteiger partial charge is 0.508 e. The molecule has 0 aliphatic heterocycles. The van der Waals surface area contributed by atoms with E-state index in [1.807, 2.05) is 0 Å². The number of aromatic nitrogens is 1. The van der Waals surface area contributed by atoms with Crippen molar-refractivity contribution in [3.8, 4) is 11.6 Å². The fourth-order valence-electron chi connectivity index (χ4n) is 1.76. The Bertz CT molecular complexity index is 800. The molecule has 2 rings (SSSR count). The lowest BCUT2D eigenvalue weighted by atomic mass is 10.1. The Kier molecular flexibility index (Phi) is 4.32. The van der Waals surface area contributed by atoms with Gasteiger partial charge in [0.2, 0.25) is 5.88 Å². The zero-order chi connectivity index (χ0) is 16.3. The first-order valence-electron chi connectivity index (χ1n) is 6.20. The summed E-state index contributed by atoms with van der Waals surface area (Å²) in [7, 11) is -2.49. The second-order valence-electron chi connectivity index (χ2n) is 4.43. The molecule has 8 heteroatoms. The number of carbonyl (C=O) groups is 1. The van der Waals surface area contributed by atoms with Gasteiger partial charge < -0.3 is 9.84 Å². The first kappa shape index (κ1) is 15.8. The molecule has 0 saturated heterocycles. The van der Waals surface area contributed by atoms with E-state index >= 15 is 0 Å².